The molecule has 1 saturated heterocycles. The van der Waals surface area contributed by atoms with E-state index in [1.165, 1.54) is 6.92 Å². The molecule has 7 nitrogen and oxygen atoms in total. The van der Waals surface area contributed by atoms with E-state index in [1.54, 1.807) is 12.0 Å². The zero-order chi connectivity index (χ0) is 17.0. The van der Waals surface area contributed by atoms with E-state index in [9.17, 15) is 14.4 Å². The van der Waals surface area contributed by atoms with Crippen LogP contribution in [0.2, 0.25) is 0 Å². The van der Waals surface area contributed by atoms with Crippen LogP contribution in [0.3, 0.4) is 0 Å². The van der Waals surface area contributed by atoms with E-state index >= 15 is 0 Å². The summed E-state index contributed by atoms with van der Waals surface area (Å²) in [6, 6.07) is 6.40. The van der Waals surface area contributed by atoms with Gasteiger partial charge >= 0.3 is 5.97 Å². The lowest BCUT2D eigenvalue weighted by Crippen LogP contribution is -2.42. The van der Waals surface area contributed by atoms with Crippen LogP contribution in [0.4, 0.5) is 0 Å². The predicted octanol–water partition coefficient (Wildman–Crippen LogP) is 0.633. The Morgan fingerprint density at radius 1 is 1.39 bits per heavy atom. The molecule has 1 heterocycles. The van der Waals surface area contributed by atoms with Crippen molar-refractivity contribution in [1.29, 1.82) is 0 Å². The highest BCUT2D eigenvalue weighted by Crippen LogP contribution is 2.21. The fourth-order valence-electron chi connectivity index (χ4n) is 2.44. The van der Waals surface area contributed by atoms with Crippen molar-refractivity contribution in [3.8, 4) is 5.75 Å². The van der Waals surface area contributed by atoms with Gasteiger partial charge in [-0.3, -0.25) is 14.4 Å². The molecule has 7 heteroatoms. The lowest BCUT2D eigenvalue weighted by atomic mass is 10.1. The van der Waals surface area contributed by atoms with Gasteiger partial charge in [0.05, 0.1) is 13.0 Å². The van der Waals surface area contributed by atoms with E-state index in [0.29, 0.717) is 13.1 Å². The second kappa shape index (κ2) is 7.13. The average molecular weight is 320 g/mol. The second-order valence-corrected chi connectivity index (χ2v) is 5.59. The average Bonchev–Trinajstić information content (AvgIpc) is 2.89. The molecule has 2 rings (SSSR count). The number of rotatable bonds is 6. The van der Waals surface area contributed by atoms with Crippen LogP contribution in [0.25, 0.3) is 0 Å². The SMILES string of the molecule is COc1ccc(CN2CC(C(=O)N[C@@H](C)C(=O)O)CC2=O)cc1. The van der Waals surface area contributed by atoms with Gasteiger partial charge in [-0.1, -0.05) is 12.1 Å². The first-order valence-electron chi connectivity index (χ1n) is 7.34. The van der Waals surface area contributed by atoms with Crippen LogP contribution in [-0.4, -0.2) is 47.5 Å². The highest BCUT2D eigenvalue weighted by molar-refractivity contribution is 5.91. The standard InChI is InChI=1S/C16H20N2O5/c1-10(16(21)22)17-15(20)12-7-14(19)18(9-12)8-11-3-5-13(23-2)6-4-11/h3-6,10,12H,7-9H2,1-2H3,(H,17,20)(H,21,22)/t10-,12?/m0/s1. The molecule has 1 aliphatic heterocycles. The molecular formula is C16H20N2O5. The summed E-state index contributed by atoms with van der Waals surface area (Å²) in [5.74, 6) is -1.38. The molecule has 1 aliphatic rings. The lowest BCUT2D eigenvalue weighted by molar-refractivity contribution is -0.141. The number of ether oxygens (including phenoxy) is 1. The Hall–Kier alpha value is -2.57. The molecule has 0 bridgehead atoms. The van der Waals surface area contributed by atoms with Crippen molar-refractivity contribution in [1.82, 2.24) is 10.2 Å². The summed E-state index contributed by atoms with van der Waals surface area (Å²) in [5.41, 5.74) is 0.944. The summed E-state index contributed by atoms with van der Waals surface area (Å²) >= 11 is 0. The van der Waals surface area contributed by atoms with Gasteiger partial charge < -0.3 is 20.1 Å². The van der Waals surface area contributed by atoms with Crippen LogP contribution in [0, 0.1) is 5.92 Å². The molecule has 124 valence electrons. The number of hydrogen-bond donors (Lipinski definition) is 2. The third-order valence-corrected chi connectivity index (χ3v) is 3.85. The maximum atomic E-state index is 12.0. The van der Waals surface area contributed by atoms with E-state index < -0.39 is 23.8 Å². The zero-order valence-electron chi connectivity index (χ0n) is 13.1. The first-order chi connectivity index (χ1) is 10.9. The van der Waals surface area contributed by atoms with Gasteiger partial charge in [0.1, 0.15) is 11.8 Å². The Bertz CT molecular complexity index is 599. The fraction of sp³-hybridized carbons (Fsp3) is 0.438. The molecule has 2 atom stereocenters. The monoisotopic (exact) mass is 320 g/mol. The van der Waals surface area contributed by atoms with Gasteiger partial charge in [-0.25, -0.2) is 0 Å². The van der Waals surface area contributed by atoms with Crippen molar-refractivity contribution in [2.45, 2.75) is 25.9 Å². The fourth-order valence-corrected chi connectivity index (χ4v) is 2.44. The number of benzene rings is 1. The molecule has 0 saturated carbocycles. The smallest absolute Gasteiger partial charge is 0.325 e. The van der Waals surface area contributed by atoms with Crippen LogP contribution < -0.4 is 10.1 Å². The molecule has 0 aliphatic carbocycles. The third kappa shape index (κ3) is 4.21. The Kier molecular flexibility index (Phi) is 5.20. The molecule has 0 aromatic heterocycles. The maximum Gasteiger partial charge on any atom is 0.325 e. The minimum atomic E-state index is -1.10. The third-order valence-electron chi connectivity index (χ3n) is 3.85. The van der Waals surface area contributed by atoms with Gasteiger partial charge in [-0.15, -0.1) is 0 Å². The Morgan fingerprint density at radius 2 is 2.04 bits per heavy atom. The van der Waals surface area contributed by atoms with Gasteiger partial charge in [0.25, 0.3) is 0 Å². The molecule has 1 aromatic rings. The summed E-state index contributed by atoms with van der Waals surface area (Å²) in [4.78, 5) is 36.4. The van der Waals surface area contributed by atoms with E-state index in [4.69, 9.17) is 9.84 Å². The predicted molar refractivity (Wildman–Crippen MR) is 81.8 cm³/mol. The van der Waals surface area contributed by atoms with Crippen molar-refractivity contribution in [3.63, 3.8) is 0 Å². The molecular weight excluding hydrogens is 300 g/mol. The number of amides is 2. The molecule has 0 spiro atoms. The first-order valence-corrected chi connectivity index (χ1v) is 7.34. The Morgan fingerprint density at radius 3 is 2.61 bits per heavy atom. The van der Waals surface area contributed by atoms with Gasteiger partial charge in [-0.05, 0) is 24.6 Å². The minimum absolute atomic E-state index is 0.105. The van der Waals surface area contributed by atoms with Crippen LogP contribution in [0.1, 0.15) is 18.9 Å². The van der Waals surface area contributed by atoms with Crippen molar-refractivity contribution >= 4 is 17.8 Å². The molecule has 1 unspecified atom stereocenters. The van der Waals surface area contributed by atoms with Gasteiger partial charge in [0, 0.05) is 19.5 Å². The summed E-state index contributed by atoms with van der Waals surface area (Å²) in [6.45, 7) is 2.11. The minimum Gasteiger partial charge on any atom is -0.497 e. The quantitative estimate of drug-likeness (QED) is 0.801. The number of aliphatic carboxylic acids is 1. The lowest BCUT2D eigenvalue weighted by Gasteiger charge is -2.17. The van der Waals surface area contributed by atoms with E-state index in [-0.39, 0.29) is 12.3 Å². The van der Waals surface area contributed by atoms with E-state index in [1.807, 2.05) is 24.3 Å². The van der Waals surface area contributed by atoms with Crippen LogP contribution >= 0.6 is 0 Å². The number of hydrogen-bond acceptors (Lipinski definition) is 4. The van der Waals surface area contributed by atoms with Gasteiger partial charge in [-0.2, -0.15) is 0 Å². The van der Waals surface area contributed by atoms with Crippen molar-refractivity contribution < 1.29 is 24.2 Å². The number of methoxy groups -OCH3 is 1. The number of nitrogens with one attached hydrogen (secondary N) is 1. The normalized spacial score (nSPS) is 18.6. The summed E-state index contributed by atoms with van der Waals surface area (Å²) in [7, 11) is 1.58. The zero-order valence-corrected chi connectivity index (χ0v) is 13.1. The number of likely N-dealkylation sites (tertiary alicyclic amines) is 1. The largest absolute Gasteiger partial charge is 0.497 e. The molecule has 0 radical (unpaired) electrons. The topological polar surface area (TPSA) is 95.9 Å². The Labute approximate surface area is 134 Å². The molecule has 2 N–H and O–H groups in total. The number of nitrogens with zero attached hydrogens (tertiary/aromatic N) is 1. The molecule has 1 fully saturated rings. The van der Waals surface area contributed by atoms with Crippen molar-refractivity contribution in [3.05, 3.63) is 29.8 Å². The van der Waals surface area contributed by atoms with Crippen LogP contribution in [0.15, 0.2) is 24.3 Å². The molecule has 2 amide bonds. The van der Waals surface area contributed by atoms with E-state index in [2.05, 4.69) is 5.32 Å². The Balaban J connectivity index is 1.93. The number of carboxylic acid groups (broad SMARTS) is 1. The number of carbonyl (C=O) groups excluding carboxylic acids is 2. The van der Waals surface area contributed by atoms with Crippen molar-refractivity contribution in [2.75, 3.05) is 13.7 Å². The summed E-state index contributed by atoms with van der Waals surface area (Å²) < 4.78 is 5.08. The first kappa shape index (κ1) is 16.8. The maximum absolute atomic E-state index is 12.0. The highest BCUT2D eigenvalue weighted by atomic mass is 16.5. The van der Waals surface area contributed by atoms with Gasteiger partial charge in [0.15, 0.2) is 0 Å². The number of carbonyl (C=O) groups is 3. The van der Waals surface area contributed by atoms with E-state index in [0.717, 1.165) is 11.3 Å². The molecule has 1 aromatic carbocycles. The van der Waals surface area contributed by atoms with Crippen LogP contribution in [-0.2, 0) is 20.9 Å². The second-order valence-electron chi connectivity index (χ2n) is 5.59. The highest BCUT2D eigenvalue weighted by Gasteiger charge is 2.35. The van der Waals surface area contributed by atoms with Crippen molar-refractivity contribution in [2.24, 2.45) is 5.92 Å². The summed E-state index contributed by atoms with van der Waals surface area (Å²) in [5, 5.41) is 11.2. The van der Waals surface area contributed by atoms with Crippen LogP contribution in [0.5, 0.6) is 5.75 Å². The summed E-state index contributed by atoms with van der Waals surface area (Å²) in [6.07, 6.45) is 0.105. The number of carboxylic acids is 1. The molecule has 23 heavy (non-hydrogen) atoms. The van der Waals surface area contributed by atoms with Gasteiger partial charge in [0.2, 0.25) is 11.8 Å².